The minimum atomic E-state index is -1.72. The Kier molecular flexibility index (Phi) is 15.3. The number of hydrogen-bond donors (Lipinski definition) is 11. The topological polar surface area (TPSA) is 383 Å². The van der Waals surface area contributed by atoms with Crippen LogP contribution in [0.15, 0.2) is 60.9 Å². The predicted molar refractivity (Wildman–Crippen MR) is 213 cm³/mol. The molecule has 1 aliphatic heterocycles. The maximum absolute atomic E-state index is 13.5. The maximum Gasteiger partial charge on any atom is 0.271 e. The van der Waals surface area contributed by atoms with Crippen molar-refractivity contribution in [1.29, 1.82) is 0 Å². The molecular weight excluding hydrogens is 815 g/mol. The summed E-state index contributed by atoms with van der Waals surface area (Å²) in [4.78, 5) is 147. The standard InChI is InChI=1S/C37H41N15O10/c38-10-23-33(58)46-17-31(56)50-26(13-43-34(59)24-11-40-18-5-1-3-7-20(18)47-24)36(61)45-15-29(54)42-16-30(55)51-27(37(62)52-22(32(39)57)9-28(53)49-23)14-44-35(60)25-12-41-19-6-2-4-8-21(19)48-25/h1-8,11-12,22-23,26-27H,9-10,13-17,38H2,(H2,39,57)(H,42,54)(H,43,59)(H,44,60)(H,45,61)(H,46,58)(H,49,53)(H,50,56)(H,51,55)(H,52,62)/t22-,23?,26?,27?/m0/s1. The number of nitrogens with one attached hydrogen (secondary N) is 9. The molecule has 0 spiro atoms. The van der Waals surface area contributed by atoms with Crippen molar-refractivity contribution in [1.82, 2.24) is 67.8 Å². The summed E-state index contributed by atoms with van der Waals surface area (Å²) in [5, 5.41) is 20.8. The monoisotopic (exact) mass is 855 g/mol. The fourth-order valence-corrected chi connectivity index (χ4v) is 5.60. The Balaban J connectivity index is 1.31. The minimum absolute atomic E-state index is 0.114. The summed E-state index contributed by atoms with van der Waals surface area (Å²) in [5.74, 6) is -9.66. The molecule has 4 atom stereocenters. The summed E-state index contributed by atoms with van der Waals surface area (Å²) in [6.45, 7) is -3.94. The van der Waals surface area contributed by atoms with Crippen LogP contribution >= 0.6 is 0 Å². The van der Waals surface area contributed by atoms with E-state index in [1.54, 1.807) is 48.5 Å². The second-order valence-electron chi connectivity index (χ2n) is 13.4. The van der Waals surface area contributed by atoms with E-state index in [1.807, 2.05) is 0 Å². The molecule has 2 aromatic heterocycles. The lowest BCUT2D eigenvalue weighted by Gasteiger charge is -2.23. The largest absolute Gasteiger partial charge is 0.368 e. The van der Waals surface area contributed by atoms with Crippen LogP contribution in [0.1, 0.15) is 27.4 Å². The molecule has 25 heteroatoms. The Bertz CT molecular complexity index is 2410. The van der Waals surface area contributed by atoms with E-state index >= 15 is 0 Å². The van der Waals surface area contributed by atoms with Crippen LogP contribution in [-0.4, -0.2) is 142 Å². The summed E-state index contributed by atoms with van der Waals surface area (Å²) < 4.78 is 0. The summed E-state index contributed by atoms with van der Waals surface area (Å²) >= 11 is 0. The van der Waals surface area contributed by atoms with Gasteiger partial charge in [-0.3, -0.25) is 57.9 Å². The first-order valence-electron chi connectivity index (χ1n) is 18.7. The molecule has 4 aromatic rings. The number of benzene rings is 2. The van der Waals surface area contributed by atoms with Crippen molar-refractivity contribution < 1.29 is 47.9 Å². The molecule has 0 saturated carbocycles. The van der Waals surface area contributed by atoms with Crippen molar-refractivity contribution >= 4 is 81.1 Å². The number of carbonyl (C=O) groups is 10. The van der Waals surface area contributed by atoms with E-state index in [1.165, 1.54) is 12.4 Å². The van der Waals surface area contributed by atoms with E-state index < -0.39 is 129 Å². The number of primary amides is 1. The lowest BCUT2D eigenvalue weighted by atomic mass is 10.1. The highest BCUT2D eigenvalue weighted by molar-refractivity contribution is 5.99. The lowest BCUT2D eigenvalue weighted by molar-refractivity contribution is -0.134. The maximum atomic E-state index is 13.5. The van der Waals surface area contributed by atoms with Crippen LogP contribution in [0.25, 0.3) is 22.1 Å². The van der Waals surface area contributed by atoms with Crippen LogP contribution < -0.4 is 59.3 Å². The molecule has 0 aliphatic carbocycles. The van der Waals surface area contributed by atoms with E-state index in [0.717, 1.165) is 0 Å². The molecule has 62 heavy (non-hydrogen) atoms. The van der Waals surface area contributed by atoms with Crippen LogP contribution in [0.4, 0.5) is 0 Å². The molecule has 1 aliphatic rings. The smallest absolute Gasteiger partial charge is 0.271 e. The molecule has 1 fully saturated rings. The van der Waals surface area contributed by atoms with Crippen LogP contribution in [0.5, 0.6) is 0 Å². The molecule has 25 nitrogen and oxygen atoms in total. The summed E-state index contributed by atoms with van der Waals surface area (Å²) in [7, 11) is 0. The average molecular weight is 856 g/mol. The van der Waals surface area contributed by atoms with Crippen molar-refractivity contribution in [3.63, 3.8) is 0 Å². The first-order valence-corrected chi connectivity index (χ1v) is 18.7. The highest BCUT2D eigenvalue weighted by Crippen LogP contribution is 2.10. The third kappa shape index (κ3) is 12.6. The van der Waals surface area contributed by atoms with E-state index in [9.17, 15) is 47.9 Å². The van der Waals surface area contributed by atoms with Gasteiger partial charge in [-0.05, 0) is 24.3 Å². The Hall–Kier alpha value is -8.22. The van der Waals surface area contributed by atoms with Crippen LogP contribution in [-0.2, 0) is 38.4 Å². The summed E-state index contributed by atoms with van der Waals surface area (Å²) in [5.41, 5.74) is 12.7. The highest BCUT2D eigenvalue weighted by atomic mass is 16.2. The highest BCUT2D eigenvalue weighted by Gasteiger charge is 2.30. The van der Waals surface area contributed by atoms with Crippen molar-refractivity contribution in [2.24, 2.45) is 11.5 Å². The van der Waals surface area contributed by atoms with E-state index in [4.69, 9.17) is 11.5 Å². The quantitative estimate of drug-likeness (QED) is 0.0786. The zero-order valence-corrected chi connectivity index (χ0v) is 32.6. The number of nitrogens with zero attached hydrogens (tertiary/aromatic N) is 4. The molecule has 2 aromatic carbocycles. The first kappa shape index (κ1) is 44.9. The number of hydrogen-bond acceptors (Lipinski definition) is 15. The fourth-order valence-electron chi connectivity index (χ4n) is 5.60. The number of nitrogens with two attached hydrogens (primary N) is 2. The Morgan fingerprint density at radius 2 is 1.00 bits per heavy atom. The molecule has 13 N–H and O–H groups in total. The number of fused-ring (bicyclic) bond motifs is 2. The van der Waals surface area contributed by atoms with Gasteiger partial charge < -0.3 is 59.3 Å². The normalized spacial score (nSPS) is 20.0. The number of aromatic nitrogens is 4. The van der Waals surface area contributed by atoms with Gasteiger partial charge in [0.15, 0.2) is 0 Å². The van der Waals surface area contributed by atoms with Gasteiger partial charge in [0, 0.05) is 19.6 Å². The van der Waals surface area contributed by atoms with Crippen molar-refractivity contribution in [3.8, 4) is 0 Å². The second-order valence-corrected chi connectivity index (χ2v) is 13.4. The van der Waals surface area contributed by atoms with Crippen molar-refractivity contribution in [3.05, 3.63) is 72.3 Å². The van der Waals surface area contributed by atoms with Crippen LogP contribution in [0.3, 0.4) is 0 Å². The Labute approximate surface area is 350 Å². The summed E-state index contributed by atoms with van der Waals surface area (Å²) in [6, 6.07) is 7.05. The number of para-hydroxylation sites is 4. The Morgan fingerprint density at radius 1 is 0.565 bits per heavy atom. The molecule has 0 radical (unpaired) electrons. The molecule has 5 rings (SSSR count). The van der Waals surface area contributed by atoms with E-state index in [2.05, 4.69) is 67.8 Å². The van der Waals surface area contributed by atoms with Crippen molar-refractivity contribution in [2.45, 2.75) is 30.6 Å². The van der Waals surface area contributed by atoms with Crippen LogP contribution in [0, 0.1) is 0 Å². The van der Waals surface area contributed by atoms with Gasteiger partial charge >= 0.3 is 0 Å². The Morgan fingerprint density at radius 3 is 1.50 bits per heavy atom. The summed E-state index contributed by atoms with van der Waals surface area (Å²) in [6.07, 6.45) is 1.57. The molecule has 0 bridgehead atoms. The molecule has 324 valence electrons. The van der Waals surface area contributed by atoms with Gasteiger partial charge in [-0.25, -0.2) is 9.97 Å². The van der Waals surface area contributed by atoms with Gasteiger partial charge in [0.1, 0.15) is 35.6 Å². The van der Waals surface area contributed by atoms with Crippen LogP contribution in [0.2, 0.25) is 0 Å². The molecular formula is C37H41N15O10. The number of carbonyl (C=O) groups excluding carboxylic acids is 10. The van der Waals surface area contributed by atoms with E-state index in [-0.39, 0.29) is 11.4 Å². The first-order chi connectivity index (χ1) is 29.7. The van der Waals surface area contributed by atoms with E-state index in [0.29, 0.717) is 22.1 Å². The lowest BCUT2D eigenvalue weighted by Crippen LogP contribution is -2.59. The SMILES string of the molecule is NCC1NC(=O)C[C@@H](C(N)=O)NC(=O)C(CNC(=O)c2cnc3ccccc3n2)NC(=O)CNC(=O)CNC(=O)C(CNC(=O)c2cnc3ccccc3n2)NC(=O)CNC1=O. The van der Waals surface area contributed by atoms with Gasteiger partial charge in [-0.1, -0.05) is 24.3 Å². The third-order valence-corrected chi connectivity index (χ3v) is 8.83. The van der Waals surface area contributed by atoms with Gasteiger partial charge in [-0.15, -0.1) is 0 Å². The molecule has 3 heterocycles. The average Bonchev–Trinajstić information content (AvgIpc) is 3.27. The zero-order valence-electron chi connectivity index (χ0n) is 32.6. The van der Waals surface area contributed by atoms with Gasteiger partial charge in [0.05, 0.1) is 60.5 Å². The van der Waals surface area contributed by atoms with Gasteiger partial charge in [-0.2, -0.15) is 0 Å². The number of amides is 10. The number of rotatable bonds is 8. The molecule has 10 amide bonds. The molecule has 1 saturated heterocycles. The zero-order chi connectivity index (χ0) is 44.8. The predicted octanol–water partition coefficient (Wildman–Crippen LogP) is -6.13. The minimum Gasteiger partial charge on any atom is -0.368 e. The van der Waals surface area contributed by atoms with Gasteiger partial charge in [0.25, 0.3) is 11.8 Å². The third-order valence-electron chi connectivity index (χ3n) is 8.83. The van der Waals surface area contributed by atoms with Crippen molar-refractivity contribution in [2.75, 3.05) is 39.3 Å². The second kappa shape index (κ2) is 21.2. The fraction of sp³-hybridized carbons (Fsp3) is 0.297. The molecule has 3 unspecified atom stereocenters. The van der Waals surface area contributed by atoms with Gasteiger partial charge in [0.2, 0.25) is 47.3 Å².